The number of anilines is 5. The first-order valence-corrected chi connectivity index (χ1v) is 21.7. The molecular weight excluding hydrogens is 851 g/mol. The molecule has 4 fully saturated rings. The van der Waals surface area contributed by atoms with Gasteiger partial charge in [-0.1, -0.05) is 18.9 Å². The number of imide groups is 2. The molecule has 2 aromatic carbocycles. The summed E-state index contributed by atoms with van der Waals surface area (Å²) < 4.78 is 41.6. The molecule has 3 saturated heterocycles. The Labute approximate surface area is 371 Å². The van der Waals surface area contributed by atoms with Crippen molar-refractivity contribution in [2.24, 2.45) is 0 Å². The lowest BCUT2D eigenvalue weighted by Crippen LogP contribution is -2.55. The molecule has 1 aromatic heterocycles. The van der Waals surface area contributed by atoms with E-state index in [9.17, 15) is 33.6 Å². The maximum Gasteiger partial charge on any atom is 0.342 e. The van der Waals surface area contributed by atoms with E-state index in [1.54, 1.807) is 41.3 Å². The van der Waals surface area contributed by atoms with Gasteiger partial charge in [0.15, 0.2) is 5.82 Å². The van der Waals surface area contributed by atoms with Crippen molar-refractivity contribution in [3.05, 3.63) is 59.3 Å². The van der Waals surface area contributed by atoms with Crippen molar-refractivity contribution < 1.29 is 51.8 Å². The molecule has 0 bridgehead atoms. The number of rotatable bonds is 11. The van der Waals surface area contributed by atoms with Gasteiger partial charge in [0.2, 0.25) is 23.7 Å². The van der Waals surface area contributed by atoms with Gasteiger partial charge in [-0.15, -0.1) is 0 Å². The monoisotopic (exact) mass is 898 g/mol. The third-order valence-corrected chi connectivity index (χ3v) is 13.1. The van der Waals surface area contributed by atoms with Crippen molar-refractivity contribution in [3.8, 4) is 5.75 Å². The zero-order chi connectivity index (χ0) is 45.7. The molecule has 6 aliphatic rings. The summed E-state index contributed by atoms with van der Waals surface area (Å²) in [5.41, 5.74) is 1.87. The lowest BCUT2D eigenvalue weighted by molar-refractivity contribution is -0.140. The van der Waals surface area contributed by atoms with Crippen LogP contribution in [0.4, 0.5) is 37.6 Å². The number of carbonyl (C=O) groups is 7. The summed E-state index contributed by atoms with van der Waals surface area (Å²) in [6, 6.07) is 8.29. The molecule has 3 aromatic rings. The molecule has 6 heterocycles. The number of piperidine rings is 2. The van der Waals surface area contributed by atoms with Crippen molar-refractivity contribution in [3.63, 3.8) is 0 Å². The average molecular weight is 899 g/mol. The maximum atomic E-state index is 15.0. The van der Waals surface area contributed by atoms with Gasteiger partial charge in [0.05, 0.1) is 48.5 Å². The molecule has 1 atom stereocenters. The van der Waals surface area contributed by atoms with E-state index >= 15 is 8.78 Å². The van der Waals surface area contributed by atoms with E-state index in [1.807, 2.05) is 4.90 Å². The van der Waals surface area contributed by atoms with Crippen LogP contribution in [-0.4, -0.2) is 145 Å². The van der Waals surface area contributed by atoms with Crippen molar-refractivity contribution in [2.75, 3.05) is 73.5 Å². The third-order valence-electron chi connectivity index (χ3n) is 13.1. The molecule has 19 nitrogen and oxygen atoms in total. The number of halogens is 2. The molecule has 5 aliphatic heterocycles. The highest BCUT2D eigenvalue weighted by atomic mass is 19.3. The van der Waals surface area contributed by atoms with Gasteiger partial charge in [0.1, 0.15) is 24.1 Å². The minimum Gasteiger partial charge on any atom is -0.495 e. The molecule has 9 rings (SSSR count). The van der Waals surface area contributed by atoms with E-state index in [0.717, 1.165) is 22.6 Å². The van der Waals surface area contributed by atoms with E-state index in [-0.39, 0.29) is 78.0 Å². The van der Waals surface area contributed by atoms with Crippen LogP contribution >= 0.6 is 0 Å². The molecule has 0 spiro atoms. The Hall–Kier alpha value is -6.77. The number of nitrogens with one attached hydrogen (secondary N) is 3. The average Bonchev–Trinajstić information content (AvgIpc) is 3.89. The Bertz CT molecular complexity index is 2470. The summed E-state index contributed by atoms with van der Waals surface area (Å²) in [5.74, 6) is -7.09. The Morgan fingerprint density at radius 3 is 2.43 bits per heavy atom. The van der Waals surface area contributed by atoms with Gasteiger partial charge < -0.3 is 39.7 Å². The van der Waals surface area contributed by atoms with Crippen molar-refractivity contribution in [2.45, 2.75) is 81.5 Å². The van der Waals surface area contributed by atoms with E-state index in [0.29, 0.717) is 74.6 Å². The molecular formula is C44H48F2N10O9. The zero-order valence-corrected chi connectivity index (χ0v) is 35.8. The number of ether oxygens (including phenoxy) is 2. The van der Waals surface area contributed by atoms with Crippen LogP contribution in [0.3, 0.4) is 0 Å². The number of amides is 7. The third kappa shape index (κ3) is 8.28. The highest BCUT2D eigenvalue weighted by Crippen LogP contribution is 2.41. The quantitative estimate of drug-likeness (QED) is 0.236. The fourth-order valence-corrected chi connectivity index (χ4v) is 9.48. The summed E-state index contributed by atoms with van der Waals surface area (Å²) in [4.78, 5) is 106. The summed E-state index contributed by atoms with van der Waals surface area (Å²) in [7, 11) is 2.74. The summed E-state index contributed by atoms with van der Waals surface area (Å²) in [6.07, 6.45) is 5.39. The highest BCUT2D eigenvalue weighted by Gasteiger charge is 2.50. The Morgan fingerprint density at radius 2 is 1.71 bits per heavy atom. The Morgan fingerprint density at radius 1 is 0.954 bits per heavy atom. The fraction of sp³-hybridized carbons (Fsp3) is 0.477. The van der Waals surface area contributed by atoms with E-state index < -0.39 is 48.0 Å². The number of hydrogen-bond donors (Lipinski definition) is 3. The smallest absolute Gasteiger partial charge is 0.342 e. The number of methoxy groups -OCH3 is 1. The molecule has 3 N–H and O–H groups in total. The van der Waals surface area contributed by atoms with Crippen molar-refractivity contribution in [1.82, 2.24) is 30.4 Å². The number of hydrogen-bond acceptors (Lipinski definition) is 14. The molecule has 342 valence electrons. The standard InChI is InChI=1S/C44H48F2N10O9/c1-52-32-19-47-43(51-37(32)55(26-6-3-4-7-26)23-44(45,46)42(52)63)49-29-11-10-24(18-33(29)64-2)38(59)48-25-14-16-53(17-15-25)35(58)22-65-27-20-54(21-27)30-9-5-8-28-36(30)41(62)56(40(28)61)31-12-13-34(57)50-39(31)60/h5,8-11,18-19,25-27,31H,3-4,6-7,12-17,20-23H2,1-2H3,(H,48,59)(H,47,49,51)(H,50,57,60). The lowest BCUT2D eigenvalue weighted by Gasteiger charge is -2.41. The van der Waals surface area contributed by atoms with Crippen molar-refractivity contribution >= 4 is 70.2 Å². The first kappa shape index (κ1) is 43.5. The van der Waals surface area contributed by atoms with Gasteiger partial charge in [-0.05, 0) is 62.4 Å². The van der Waals surface area contributed by atoms with Gasteiger partial charge >= 0.3 is 5.92 Å². The molecule has 65 heavy (non-hydrogen) atoms. The van der Waals surface area contributed by atoms with Crippen LogP contribution in [0.2, 0.25) is 0 Å². The number of benzene rings is 2. The minimum absolute atomic E-state index is 0.0272. The molecule has 1 unspecified atom stereocenters. The van der Waals surface area contributed by atoms with Gasteiger partial charge in [-0.3, -0.25) is 43.8 Å². The fourth-order valence-electron chi connectivity index (χ4n) is 9.48. The summed E-state index contributed by atoms with van der Waals surface area (Å²) in [5, 5.41) is 8.33. The highest BCUT2D eigenvalue weighted by molar-refractivity contribution is 6.25. The predicted molar refractivity (Wildman–Crippen MR) is 228 cm³/mol. The van der Waals surface area contributed by atoms with Crippen LogP contribution in [0, 0.1) is 0 Å². The van der Waals surface area contributed by atoms with Crippen LogP contribution in [0.25, 0.3) is 0 Å². The number of aromatic nitrogens is 2. The second-order valence-electron chi connectivity index (χ2n) is 17.2. The second kappa shape index (κ2) is 17.3. The zero-order valence-electron chi connectivity index (χ0n) is 35.8. The largest absolute Gasteiger partial charge is 0.495 e. The van der Waals surface area contributed by atoms with Gasteiger partial charge in [0, 0.05) is 57.3 Å². The molecule has 21 heteroatoms. The van der Waals surface area contributed by atoms with Crippen molar-refractivity contribution in [1.29, 1.82) is 0 Å². The Balaban J connectivity index is 0.752. The van der Waals surface area contributed by atoms with Crippen LogP contribution in [0.1, 0.15) is 82.4 Å². The molecule has 1 saturated carbocycles. The van der Waals surface area contributed by atoms with Crippen LogP contribution < -0.4 is 35.4 Å². The number of nitrogens with zero attached hydrogens (tertiary/aromatic N) is 7. The van der Waals surface area contributed by atoms with Gasteiger partial charge in [0.25, 0.3) is 23.6 Å². The molecule has 7 amide bonds. The molecule has 1 aliphatic carbocycles. The second-order valence-corrected chi connectivity index (χ2v) is 17.2. The van der Waals surface area contributed by atoms with E-state index in [2.05, 4.69) is 25.9 Å². The summed E-state index contributed by atoms with van der Waals surface area (Å²) in [6.45, 7) is 0.648. The van der Waals surface area contributed by atoms with Gasteiger partial charge in [-0.2, -0.15) is 13.8 Å². The number of likely N-dealkylation sites (tertiary alicyclic amines) is 1. The van der Waals surface area contributed by atoms with Crippen LogP contribution in [0.15, 0.2) is 42.6 Å². The number of fused-ring (bicyclic) bond motifs is 2. The van der Waals surface area contributed by atoms with Gasteiger partial charge in [-0.25, -0.2) is 4.98 Å². The molecule has 0 radical (unpaired) electrons. The normalized spacial score (nSPS) is 21.5. The SMILES string of the molecule is COc1cc(C(=O)NC2CCN(C(=O)COC3CN(c4cccc5c4C(=O)N(C4CCC(=O)NC4=O)C5=O)C3)CC2)ccc1Nc1ncc2c(n1)N(C1CCCC1)CC(F)(F)C(=O)N2C. The lowest BCUT2D eigenvalue weighted by atomic mass is 10.0. The van der Waals surface area contributed by atoms with Crippen LogP contribution in [-0.2, 0) is 23.9 Å². The topological polar surface area (TPSA) is 216 Å². The maximum absolute atomic E-state index is 15.0. The summed E-state index contributed by atoms with van der Waals surface area (Å²) >= 11 is 0. The minimum atomic E-state index is -3.60. The van der Waals surface area contributed by atoms with E-state index in [4.69, 9.17) is 9.47 Å². The van der Waals surface area contributed by atoms with Crippen LogP contribution in [0.5, 0.6) is 5.75 Å². The first-order valence-electron chi connectivity index (χ1n) is 21.7. The Kier molecular flexibility index (Phi) is 11.6. The first-order chi connectivity index (χ1) is 31.2. The van der Waals surface area contributed by atoms with E-state index in [1.165, 1.54) is 25.3 Å². The predicted octanol–water partition coefficient (Wildman–Crippen LogP) is 2.62. The number of carbonyl (C=O) groups excluding carboxylic acids is 7. The number of alkyl halides is 2.